The molecule has 4 nitrogen and oxygen atoms in total. The minimum Gasteiger partial charge on any atom is -0.389 e. The first-order chi connectivity index (χ1) is 10.1. The van der Waals surface area contributed by atoms with Crippen LogP contribution in [0.15, 0.2) is 30.3 Å². The van der Waals surface area contributed by atoms with Crippen LogP contribution in [0.5, 0.6) is 0 Å². The summed E-state index contributed by atoms with van der Waals surface area (Å²) in [5.41, 5.74) is 7.59. The van der Waals surface area contributed by atoms with Crippen molar-refractivity contribution in [1.29, 1.82) is 0 Å². The molecule has 2 heterocycles. The van der Waals surface area contributed by atoms with E-state index in [0.717, 1.165) is 48.3 Å². The highest BCUT2D eigenvalue weighted by molar-refractivity contribution is 7.80. The van der Waals surface area contributed by atoms with Gasteiger partial charge in [-0.3, -0.25) is 0 Å². The van der Waals surface area contributed by atoms with Crippen molar-refractivity contribution in [3.63, 3.8) is 0 Å². The summed E-state index contributed by atoms with van der Waals surface area (Å²) in [5.74, 6) is 0.769. The van der Waals surface area contributed by atoms with Crippen LogP contribution in [0.2, 0.25) is 0 Å². The summed E-state index contributed by atoms with van der Waals surface area (Å²) < 4.78 is 5.44. The molecule has 1 aromatic carbocycles. The molecule has 21 heavy (non-hydrogen) atoms. The van der Waals surface area contributed by atoms with E-state index in [1.165, 1.54) is 0 Å². The van der Waals surface area contributed by atoms with E-state index in [1.54, 1.807) is 0 Å². The van der Waals surface area contributed by atoms with Gasteiger partial charge in [0.1, 0.15) is 10.8 Å². The Morgan fingerprint density at radius 2 is 2.05 bits per heavy atom. The molecule has 1 aliphatic rings. The monoisotopic (exact) mass is 301 g/mol. The van der Waals surface area contributed by atoms with Gasteiger partial charge >= 0.3 is 0 Å². The number of rotatable bonds is 3. The lowest BCUT2D eigenvalue weighted by Crippen LogP contribution is -2.41. The average molecular weight is 301 g/mol. The molecule has 0 bridgehead atoms. The molecule has 3 N–H and O–H groups in total. The van der Waals surface area contributed by atoms with Crippen molar-refractivity contribution in [3.8, 4) is 0 Å². The zero-order valence-corrected chi connectivity index (χ0v) is 12.9. The van der Waals surface area contributed by atoms with Crippen molar-refractivity contribution in [2.45, 2.75) is 25.3 Å². The van der Waals surface area contributed by atoms with Gasteiger partial charge < -0.3 is 15.8 Å². The van der Waals surface area contributed by atoms with Crippen LogP contribution in [0, 0.1) is 0 Å². The Morgan fingerprint density at radius 1 is 1.33 bits per heavy atom. The van der Waals surface area contributed by atoms with E-state index < -0.39 is 0 Å². The molecule has 0 saturated carbocycles. The number of nitrogens with two attached hydrogens (primary N) is 1. The van der Waals surface area contributed by atoms with Crippen molar-refractivity contribution in [1.82, 2.24) is 4.98 Å². The fraction of sp³-hybridized carbons (Fsp3) is 0.375. The Labute approximate surface area is 129 Å². The molecule has 0 amide bonds. The summed E-state index contributed by atoms with van der Waals surface area (Å²) >= 11 is 5.19. The highest BCUT2D eigenvalue weighted by Crippen LogP contribution is 2.28. The summed E-state index contributed by atoms with van der Waals surface area (Å²) in [4.78, 5) is 5.08. The largest absolute Gasteiger partial charge is 0.389 e. The van der Waals surface area contributed by atoms with E-state index >= 15 is 0 Å². The van der Waals surface area contributed by atoms with E-state index in [-0.39, 0.29) is 5.54 Å². The summed E-state index contributed by atoms with van der Waals surface area (Å²) in [6, 6.07) is 9.99. The zero-order valence-electron chi connectivity index (χ0n) is 12.1. The lowest BCUT2D eigenvalue weighted by Gasteiger charge is -2.35. The number of pyridine rings is 1. The second kappa shape index (κ2) is 5.58. The molecule has 1 saturated heterocycles. The van der Waals surface area contributed by atoms with Gasteiger partial charge in [-0.2, -0.15) is 0 Å². The summed E-state index contributed by atoms with van der Waals surface area (Å²) in [6.45, 7) is 3.72. The van der Waals surface area contributed by atoms with Crippen molar-refractivity contribution in [2.24, 2.45) is 5.73 Å². The SMILES string of the molecule is CC1(Nc2nc3ccccc3cc2C(N)=S)CCOCC1. The normalized spacial score (nSPS) is 17.6. The average Bonchev–Trinajstić information content (AvgIpc) is 2.46. The molecule has 0 radical (unpaired) electrons. The van der Waals surface area contributed by atoms with Gasteiger partial charge in [-0.15, -0.1) is 0 Å². The number of para-hydroxylation sites is 1. The molecule has 1 aromatic heterocycles. The number of anilines is 1. The molecule has 1 fully saturated rings. The first-order valence-corrected chi connectivity index (χ1v) is 7.54. The molecule has 5 heteroatoms. The van der Waals surface area contributed by atoms with Crippen LogP contribution in [0.25, 0.3) is 10.9 Å². The number of hydrogen-bond acceptors (Lipinski definition) is 4. The van der Waals surface area contributed by atoms with E-state index in [0.29, 0.717) is 4.99 Å². The van der Waals surface area contributed by atoms with Gasteiger partial charge in [0.25, 0.3) is 0 Å². The quantitative estimate of drug-likeness (QED) is 0.854. The lowest BCUT2D eigenvalue weighted by molar-refractivity contribution is 0.0657. The number of hydrogen-bond donors (Lipinski definition) is 2. The second-order valence-electron chi connectivity index (χ2n) is 5.74. The number of nitrogens with one attached hydrogen (secondary N) is 1. The summed E-state index contributed by atoms with van der Waals surface area (Å²) in [5, 5.41) is 4.59. The number of aromatic nitrogens is 1. The third kappa shape index (κ3) is 2.99. The number of thiocarbonyl (C=S) groups is 1. The Kier molecular flexibility index (Phi) is 3.78. The maximum atomic E-state index is 5.88. The van der Waals surface area contributed by atoms with Crippen molar-refractivity contribution in [2.75, 3.05) is 18.5 Å². The van der Waals surface area contributed by atoms with Gasteiger partial charge in [-0.05, 0) is 31.9 Å². The molecule has 0 spiro atoms. The fourth-order valence-electron chi connectivity index (χ4n) is 2.63. The number of benzene rings is 1. The predicted octanol–water partition coefficient (Wildman–Crippen LogP) is 2.85. The van der Waals surface area contributed by atoms with Crippen LogP contribution in [-0.4, -0.2) is 28.7 Å². The molecular weight excluding hydrogens is 282 g/mol. The Balaban J connectivity index is 2.03. The molecule has 0 unspecified atom stereocenters. The molecule has 2 aromatic rings. The standard InChI is InChI=1S/C16H19N3OS/c1-16(6-8-20-9-7-16)19-15-12(14(17)21)10-11-4-2-3-5-13(11)18-15/h2-5,10H,6-9H2,1H3,(H2,17,21)(H,18,19). The van der Waals surface area contributed by atoms with Gasteiger partial charge in [0.15, 0.2) is 0 Å². The third-order valence-corrected chi connectivity index (χ3v) is 4.23. The van der Waals surface area contributed by atoms with Crippen LogP contribution in [0.4, 0.5) is 5.82 Å². The van der Waals surface area contributed by atoms with E-state index in [9.17, 15) is 0 Å². The maximum absolute atomic E-state index is 5.88. The number of ether oxygens (including phenoxy) is 1. The maximum Gasteiger partial charge on any atom is 0.137 e. The zero-order chi connectivity index (χ0) is 14.9. The van der Waals surface area contributed by atoms with Gasteiger partial charge in [0, 0.05) is 24.1 Å². The second-order valence-corrected chi connectivity index (χ2v) is 6.18. The van der Waals surface area contributed by atoms with E-state index in [4.69, 9.17) is 27.7 Å². The van der Waals surface area contributed by atoms with Crippen LogP contribution in [-0.2, 0) is 4.74 Å². The van der Waals surface area contributed by atoms with E-state index in [2.05, 4.69) is 12.2 Å². The topological polar surface area (TPSA) is 60.2 Å². The van der Waals surface area contributed by atoms with Crippen LogP contribution < -0.4 is 11.1 Å². The minimum absolute atomic E-state index is 0.0345. The smallest absolute Gasteiger partial charge is 0.137 e. The molecule has 1 aliphatic heterocycles. The van der Waals surface area contributed by atoms with Crippen molar-refractivity contribution in [3.05, 3.63) is 35.9 Å². The van der Waals surface area contributed by atoms with Crippen molar-refractivity contribution < 1.29 is 4.74 Å². The van der Waals surface area contributed by atoms with Crippen LogP contribution in [0.3, 0.4) is 0 Å². The minimum atomic E-state index is -0.0345. The van der Waals surface area contributed by atoms with Crippen LogP contribution in [0.1, 0.15) is 25.3 Å². The van der Waals surface area contributed by atoms with Gasteiger partial charge in [-0.1, -0.05) is 30.4 Å². The molecular formula is C16H19N3OS. The van der Waals surface area contributed by atoms with Gasteiger partial charge in [-0.25, -0.2) is 4.98 Å². The first kappa shape index (κ1) is 14.2. The fourth-order valence-corrected chi connectivity index (χ4v) is 2.79. The van der Waals surface area contributed by atoms with E-state index in [1.807, 2.05) is 30.3 Å². The predicted molar refractivity (Wildman–Crippen MR) is 89.7 cm³/mol. The Hall–Kier alpha value is -1.72. The lowest BCUT2D eigenvalue weighted by atomic mass is 9.92. The first-order valence-electron chi connectivity index (χ1n) is 7.13. The highest BCUT2D eigenvalue weighted by Gasteiger charge is 2.28. The summed E-state index contributed by atoms with van der Waals surface area (Å²) in [7, 11) is 0. The van der Waals surface area contributed by atoms with Gasteiger partial charge in [0.2, 0.25) is 0 Å². The Bertz CT molecular complexity index is 680. The number of nitrogens with zero attached hydrogens (tertiary/aromatic N) is 1. The number of fused-ring (bicyclic) bond motifs is 1. The Morgan fingerprint density at radius 3 is 2.76 bits per heavy atom. The third-order valence-electron chi connectivity index (χ3n) is 4.01. The highest BCUT2D eigenvalue weighted by atomic mass is 32.1. The molecule has 3 rings (SSSR count). The van der Waals surface area contributed by atoms with Crippen LogP contribution >= 0.6 is 12.2 Å². The van der Waals surface area contributed by atoms with Crippen molar-refractivity contribution >= 4 is 33.9 Å². The molecule has 0 atom stereocenters. The summed E-state index contributed by atoms with van der Waals surface area (Å²) in [6.07, 6.45) is 1.89. The van der Waals surface area contributed by atoms with Gasteiger partial charge in [0.05, 0.1) is 11.1 Å². The molecule has 110 valence electrons. The molecule has 0 aliphatic carbocycles.